The van der Waals surface area contributed by atoms with Crippen LogP contribution in [0.15, 0.2) is 48.6 Å². The van der Waals surface area contributed by atoms with Crippen molar-refractivity contribution in [2.75, 3.05) is 26.4 Å². The number of hydrogen-bond donors (Lipinski definition) is 0. The SMILES string of the molecule is C=C(C)C(=O)OC(COCCCCCCCCCCCCCCCCCC)COc1ccc(OCCCC)c2ccccc12. The Morgan fingerprint density at radius 1 is 0.614 bits per heavy atom. The molecular weight excluding hydrogens is 548 g/mol. The van der Waals surface area contributed by atoms with Gasteiger partial charge in [-0.1, -0.05) is 147 Å². The average Bonchev–Trinajstić information content (AvgIpc) is 3.03. The van der Waals surface area contributed by atoms with E-state index in [0.29, 0.717) is 25.4 Å². The molecule has 2 aromatic carbocycles. The fraction of sp³-hybridized carbons (Fsp3) is 0.667. The van der Waals surface area contributed by atoms with Gasteiger partial charge >= 0.3 is 5.97 Å². The van der Waals surface area contributed by atoms with Gasteiger partial charge in [0.05, 0.1) is 13.2 Å². The first kappa shape index (κ1) is 37.7. The number of rotatable bonds is 28. The van der Waals surface area contributed by atoms with E-state index in [1.165, 1.54) is 96.3 Å². The highest BCUT2D eigenvalue weighted by Gasteiger charge is 2.18. The van der Waals surface area contributed by atoms with Crippen molar-refractivity contribution in [3.8, 4) is 11.5 Å². The topological polar surface area (TPSA) is 54.0 Å². The molecule has 5 nitrogen and oxygen atoms in total. The zero-order chi connectivity index (χ0) is 31.7. The van der Waals surface area contributed by atoms with Crippen LogP contribution in [0.25, 0.3) is 10.8 Å². The maximum absolute atomic E-state index is 12.3. The van der Waals surface area contributed by atoms with Crippen LogP contribution in [-0.4, -0.2) is 38.5 Å². The van der Waals surface area contributed by atoms with E-state index >= 15 is 0 Å². The molecule has 0 saturated carbocycles. The normalized spacial score (nSPS) is 11.9. The molecule has 1 unspecified atom stereocenters. The molecule has 0 heterocycles. The summed E-state index contributed by atoms with van der Waals surface area (Å²) >= 11 is 0. The summed E-state index contributed by atoms with van der Waals surface area (Å²) in [6.07, 6.45) is 23.1. The zero-order valence-electron chi connectivity index (χ0n) is 28.3. The minimum absolute atomic E-state index is 0.206. The van der Waals surface area contributed by atoms with Crippen molar-refractivity contribution >= 4 is 16.7 Å². The van der Waals surface area contributed by atoms with Gasteiger partial charge in [0.25, 0.3) is 0 Å². The van der Waals surface area contributed by atoms with E-state index < -0.39 is 12.1 Å². The van der Waals surface area contributed by atoms with Gasteiger partial charge in [-0.3, -0.25) is 0 Å². The Balaban J connectivity index is 1.63. The molecule has 1 atom stereocenters. The molecule has 2 aromatic rings. The third-order valence-corrected chi connectivity index (χ3v) is 8.09. The van der Waals surface area contributed by atoms with Gasteiger partial charge in [0.2, 0.25) is 0 Å². The zero-order valence-corrected chi connectivity index (χ0v) is 28.3. The molecule has 0 fully saturated rings. The molecule has 2 rings (SSSR count). The number of esters is 1. The van der Waals surface area contributed by atoms with Gasteiger partial charge in [-0.15, -0.1) is 0 Å². The Morgan fingerprint density at radius 3 is 1.59 bits per heavy atom. The predicted octanol–water partition coefficient (Wildman–Crippen LogP) is 11.2. The quantitative estimate of drug-likeness (QED) is 0.0545. The Hall–Kier alpha value is -2.53. The lowest BCUT2D eigenvalue weighted by Crippen LogP contribution is -2.30. The molecule has 0 saturated heterocycles. The second-order valence-electron chi connectivity index (χ2n) is 12.3. The van der Waals surface area contributed by atoms with Crippen molar-refractivity contribution in [2.45, 2.75) is 142 Å². The van der Waals surface area contributed by atoms with E-state index in [9.17, 15) is 4.79 Å². The molecule has 0 radical (unpaired) electrons. The monoisotopic (exact) mass is 610 g/mol. The molecule has 0 N–H and O–H groups in total. The van der Waals surface area contributed by atoms with Crippen LogP contribution in [0.4, 0.5) is 0 Å². The van der Waals surface area contributed by atoms with Crippen LogP contribution in [0.3, 0.4) is 0 Å². The van der Waals surface area contributed by atoms with Crippen molar-refractivity contribution in [3.05, 3.63) is 48.6 Å². The molecular formula is C39H62O5. The van der Waals surface area contributed by atoms with Gasteiger partial charge in [0.15, 0.2) is 6.10 Å². The van der Waals surface area contributed by atoms with Crippen LogP contribution in [0.2, 0.25) is 0 Å². The summed E-state index contributed by atoms with van der Waals surface area (Å²) < 4.78 is 23.8. The number of benzene rings is 2. The minimum Gasteiger partial charge on any atom is -0.493 e. The fourth-order valence-electron chi connectivity index (χ4n) is 5.34. The van der Waals surface area contributed by atoms with Crippen LogP contribution in [0.1, 0.15) is 136 Å². The van der Waals surface area contributed by atoms with Crippen molar-refractivity contribution < 1.29 is 23.7 Å². The third kappa shape index (κ3) is 16.5. The highest BCUT2D eigenvalue weighted by Crippen LogP contribution is 2.33. The molecule has 0 aliphatic carbocycles. The summed E-state index contributed by atoms with van der Waals surface area (Å²) in [5.41, 5.74) is 0.367. The number of unbranched alkanes of at least 4 members (excludes halogenated alkanes) is 16. The lowest BCUT2D eigenvalue weighted by atomic mass is 10.0. The molecule has 0 aromatic heterocycles. The van der Waals surface area contributed by atoms with E-state index in [0.717, 1.165) is 41.5 Å². The minimum atomic E-state index is -0.514. The predicted molar refractivity (Wildman–Crippen MR) is 185 cm³/mol. The highest BCUT2D eigenvalue weighted by atomic mass is 16.6. The largest absolute Gasteiger partial charge is 0.493 e. The summed E-state index contributed by atoms with van der Waals surface area (Å²) in [7, 11) is 0. The van der Waals surface area contributed by atoms with Crippen LogP contribution in [-0.2, 0) is 14.3 Å². The maximum Gasteiger partial charge on any atom is 0.333 e. The summed E-state index contributed by atoms with van der Waals surface area (Å²) in [6, 6.07) is 11.9. The number of ether oxygens (including phenoxy) is 4. The van der Waals surface area contributed by atoms with E-state index in [1.54, 1.807) is 6.92 Å². The van der Waals surface area contributed by atoms with E-state index in [2.05, 4.69) is 20.4 Å². The molecule has 0 aliphatic heterocycles. The second-order valence-corrected chi connectivity index (χ2v) is 12.3. The summed E-state index contributed by atoms with van der Waals surface area (Å²) in [5.74, 6) is 1.17. The Morgan fingerprint density at radius 2 is 1.09 bits per heavy atom. The van der Waals surface area contributed by atoms with Crippen LogP contribution >= 0.6 is 0 Å². The molecule has 0 spiro atoms. The van der Waals surface area contributed by atoms with Crippen molar-refractivity contribution in [2.24, 2.45) is 0 Å². The van der Waals surface area contributed by atoms with Gasteiger partial charge in [-0.05, 0) is 31.9 Å². The lowest BCUT2D eigenvalue weighted by Gasteiger charge is -2.20. The van der Waals surface area contributed by atoms with E-state index in [4.69, 9.17) is 18.9 Å². The average molecular weight is 611 g/mol. The van der Waals surface area contributed by atoms with Crippen molar-refractivity contribution in [1.82, 2.24) is 0 Å². The first-order valence-corrected chi connectivity index (χ1v) is 17.8. The summed E-state index contributed by atoms with van der Waals surface area (Å²) in [4.78, 5) is 12.3. The second kappa shape index (κ2) is 24.8. The number of carbonyl (C=O) groups excluding carboxylic acids is 1. The highest BCUT2D eigenvalue weighted by molar-refractivity contribution is 5.93. The Labute approximate surface area is 269 Å². The van der Waals surface area contributed by atoms with Gasteiger partial charge in [0, 0.05) is 23.0 Å². The first-order chi connectivity index (χ1) is 21.6. The lowest BCUT2D eigenvalue weighted by molar-refractivity contribution is -0.149. The standard InChI is InChI=1S/C39H62O5/c1-5-7-9-10-11-12-13-14-15-16-17-18-19-20-21-24-29-41-31-34(44-39(40)33(3)4)32-43-38-28-27-37(42-30-8-6-2)35-25-22-23-26-36(35)38/h22-23,25-28,34H,3,5-21,24,29-32H2,1-2,4H3. The summed E-state index contributed by atoms with van der Waals surface area (Å²) in [5, 5.41) is 1.98. The molecule has 0 bridgehead atoms. The Kier molecular flexibility index (Phi) is 21.2. The maximum atomic E-state index is 12.3. The van der Waals surface area contributed by atoms with Crippen LogP contribution in [0, 0.1) is 0 Å². The Bertz CT molecular complexity index is 1030. The van der Waals surface area contributed by atoms with E-state index in [1.807, 2.05) is 36.4 Å². The molecule has 0 amide bonds. The van der Waals surface area contributed by atoms with Crippen LogP contribution < -0.4 is 9.47 Å². The first-order valence-electron chi connectivity index (χ1n) is 17.8. The summed E-state index contributed by atoms with van der Waals surface area (Å²) in [6.45, 7) is 11.7. The van der Waals surface area contributed by atoms with Gasteiger partial charge in [-0.2, -0.15) is 0 Å². The number of fused-ring (bicyclic) bond motifs is 1. The third-order valence-electron chi connectivity index (χ3n) is 8.09. The smallest absolute Gasteiger partial charge is 0.333 e. The van der Waals surface area contributed by atoms with Crippen LogP contribution in [0.5, 0.6) is 11.5 Å². The fourth-order valence-corrected chi connectivity index (χ4v) is 5.34. The number of hydrogen-bond acceptors (Lipinski definition) is 5. The van der Waals surface area contributed by atoms with Gasteiger partial charge in [0.1, 0.15) is 18.1 Å². The van der Waals surface area contributed by atoms with E-state index in [-0.39, 0.29) is 6.61 Å². The van der Waals surface area contributed by atoms with Gasteiger partial charge in [-0.25, -0.2) is 4.79 Å². The van der Waals surface area contributed by atoms with Crippen molar-refractivity contribution in [3.63, 3.8) is 0 Å². The molecule has 0 aliphatic rings. The molecule has 44 heavy (non-hydrogen) atoms. The number of carbonyl (C=O) groups is 1. The van der Waals surface area contributed by atoms with Crippen molar-refractivity contribution in [1.29, 1.82) is 0 Å². The molecule has 248 valence electrons. The molecule has 5 heteroatoms. The van der Waals surface area contributed by atoms with Gasteiger partial charge < -0.3 is 18.9 Å².